The minimum atomic E-state index is 0.347. The molecule has 1 aromatic heterocycles. The van der Waals surface area contributed by atoms with E-state index in [0.29, 0.717) is 6.04 Å². The van der Waals surface area contributed by atoms with Gasteiger partial charge < -0.3 is 5.32 Å². The summed E-state index contributed by atoms with van der Waals surface area (Å²) < 4.78 is 2.02. The van der Waals surface area contributed by atoms with E-state index in [-0.39, 0.29) is 0 Å². The number of hydrogen-bond donors (Lipinski definition) is 1. The first-order valence-electron chi connectivity index (χ1n) is 5.19. The van der Waals surface area contributed by atoms with Crippen molar-refractivity contribution in [2.75, 3.05) is 6.54 Å². The predicted octanol–water partition coefficient (Wildman–Crippen LogP) is 2.13. The van der Waals surface area contributed by atoms with Gasteiger partial charge in [0, 0.05) is 12.7 Å². The lowest BCUT2D eigenvalue weighted by molar-refractivity contribution is 0.496. The van der Waals surface area contributed by atoms with Gasteiger partial charge >= 0.3 is 0 Å². The summed E-state index contributed by atoms with van der Waals surface area (Å²) in [6.45, 7) is 9.88. The monoisotopic (exact) mass is 193 g/mol. The van der Waals surface area contributed by atoms with Crippen LogP contribution in [0.2, 0.25) is 0 Å². The van der Waals surface area contributed by atoms with Crippen LogP contribution in [0.25, 0.3) is 0 Å². The molecule has 0 radical (unpaired) electrons. The zero-order valence-electron chi connectivity index (χ0n) is 9.03. The summed E-state index contributed by atoms with van der Waals surface area (Å²) >= 11 is 0. The molecule has 0 aliphatic rings. The fourth-order valence-electron chi connectivity index (χ4n) is 1.62. The molecule has 14 heavy (non-hydrogen) atoms. The van der Waals surface area contributed by atoms with Gasteiger partial charge in [-0.15, -0.1) is 6.58 Å². The average Bonchev–Trinajstić information content (AvgIpc) is 2.65. The van der Waals surface area contributed by atoms with Crippen LogP contribution in [0, 0.1) is 0 Å². The van der Waals surface area contributed by atoms with Crippen molar-refractivity contribution in [3.63, 3.8) is 0 Å². The molecule has 3 nitrogen and oxygen atoms in total. The second kappa shape index (κ2) is 5.60. The zero-order chi connectivity index (χ0) is 10.4. The summed E-state index contributed by atoms with van der Waals surface area (Å²) in [5, 5.41) is 7.69. The van der Waals surface area contributed by atoms with Gasteiger partial charge in [-0.1, -0.05) is 13.0 Å². The molecule has 0 amide bonds. The number of rotatable bonds is 6. The number of nitrogens with one attached hydrogen (secondary N) is 1. The molecule has 0 spiro atoms. The first kappa shape index (κ1) is 11.0. The highest BCUT2D eigenvalue weighted by molar-refractivity contribution is 5.08. The van der Waals surface area contributed by atoms with Crippen LogP contribution in [0.15, 0.2) is 24.9 Å². The molecule has 1 rings (SSSR count). The fraction of sp³-hybridized carbons (Fsp3) is 0.545. The Morgan fingerprint density at radius 2 is 2.43 bits per heavy atom. The van der Waals surface area contributed by atoms with Crippen LogP contribution in [0.5, 0.6) is 0 Å². The topological polar surface area (TPSA) is 29.9 Å². The van der Waals surface area contributed by atoms with E-state index in [4.69, 9.17) is 0 Å². The third kappa shape index (κ3) is 2.45. The SMILES string of the molecule is C=CCC(NCC)c1ccnn1CC. The lowest BCUT2D eigenvalue weighted by atomic mass is 10.1. The molecule has 78 valence electrons. The molecule has 0 aromatic carbocycles. The largest absolute Gasteiger partial charge is 0.309 e. The lowest BCUT2D eigenvalue weighted by Gasteiger charge is -2.17. The Hall–Kier alpha value is -1.09. The molecule has 0 aliphatic heterocycles. The van der Waals surface area contributed by atoms with Gasteiger partial charge in [0.2, 0.25) is 0 Å². The van der Waals surface area contributed by atoms with E-state index >= 15 is 0 Å². The Labute approximate surface area is 85.8 Å². The van der Waals surface area contributed by atoms with E-state index in [9.17, 15) is 0 Å². The van der Waals surface area contributed by atoms with Crippen molar-refractivity contribution in [3.8, 4) is 0 Å². The Bertz CT molecular complexity index is 278. The van der Waals surface area contributed by atoms with E-state index in [2.05, 4.69) is 36.9 Å². The van der Waals surface area contributed by atoms with Crippen molar-refractivity contribution in [2.24, 2.45) is 0 Å². The van der Waals surface area contributed by atoms with Crippen LogP contribution in [0.1, 0.15) is 32.0 Å². The molecular weight excluding hydrogens is 174 g/mol. The first-order valence-corrected chi connectivity index (χ1v) is 5.19. The van der Waals surface area contributed by atoms with Crippen molar-refractivity contribution in [2.45, 2.75) is 32.9 Å². The van der Waals surface area contributed by atoms with Crippen molar-refractivity contribution in [1.82, 2.24) is 15.1 Å². The molecule has 1 unspecified atom stereocenters. The fourth-order valence-corrected chi connectivity index (χ4v) is 1.62. The van der Waals surface area contributed by atoms with E-state index < -0.39 is 0 Å². The van der Waals surface area contributed by atoms with Gasteiger partial charge in [0.05, 0.1) is 11.7 Å². The summed E-state index contributed by atoms with van der Waals surface area (Å²) in [5.74, 6) is 0. The summed E-state index contributed by atoms with van der Waals surface area (Å²) in [4.78, 5) is 0. The molecule has 3 heteroatoms. The maximum atomic E-state index is 4.26. The Balaban J connectivity index is 2.80. The maximum Gasteiger partial charge on any atom is 0.0556 e. The predicted molar refractivity (Wildman–Crippen MR) is 59.1 cm³/mol. The second-order valence-corrected chi connectivity index (χ2v) is 3.21. The van der Waals surface area contributed by atoms with Gasteiger partial charge in [0.25, 0.3) is 0 Å². The van der Waals surface area contributed by atoms with Crippen LogP contribution < -0.4 is 5.32 Å². The lowest BCUT2D eigenvalue weighted by Crippen LogP contribution is -2.23. The minimum absolute atomic E-state index is 0.347. The standard InChI is InChI=1S/C11H19N3/c1-4-7-10(12-5-2)11-8-9-13-14(11)6-3/h4,8-10,12H,1,5-7H2,2-3H3. The summed E-state index contributed by atoms with van der Waals surface area (Å²) in [5.41, 5.74) is 1.24. The van der Waals surface area contributed by atoms with E-state index in [1.165, 1.54) is 5.69 Å². The highest BCUT2D eigenvalue weighted by Crippen LogP contribution is 2.16. The third-order valence-corrected chi connectivity index (χ3v) is 2.26. The first-order chi connectivity index (χ1) is 6.83. The molecule has 0 aliphatic carbocycles. The van der Waals surface area contributed by atoms with E-state index in [0.717, 1.165) is 19.5 Å². The third-order valence-electron chi connectivity index (χ3n) is 2.26. The van der Waals surface area contributed by atoms with Gasteiger partial charge in [0.1, 0.15) is 0 Å². The van der Waals surface area contributed by atoms with Crippen molar-refractivity contribution in [3.05, 3.63) is 30.6 Å². The molecule has 1 N–H and O–H groups in total. The molecule has 0 saturated heterocycles. The van der Waals surface area contributed by atoms with Crippen molar-refractivity contribution < 1.29 is 0 Å². The van der Waals surface area contributed by atoms with Crippen molar-refractivity contribution in [1.29, 1.82) is 0 Å². The van der Waals surface area contributed by atoms with Gasteiger partial charge in [-0.25, -0.2) is 0 Å². The summed E-state index contributed by atoms with van der Waals surface area (Å²) in [7, 11) is 0. The van der Waals surface area contributed by atoms with Crippen LogP contribution in [-0.2, 0) is 6.54 Å². The van der Waals surface area contributed by atoms with Gasteiger partial charge in [-0.3, -0.25) is 4.68 Å². The molecule has 1 heterocycles. The highest BCUT2D eigenvalue weighted by Gasteiger charge is 2.12. The Morgan fingerprint density at radius 3 is 3.00 bits per heavy atom. The normalized spacial score (nSPS) is 12.7. The zero-order valence-corrected chi connectivity index (χ0v) is 9.03. The van der Waals surface area contributed by atoms with Gasteiger partial charge in [-0.2, -0.15) is 5.10 Å². The summed E-state index contributed by atoms with van der Waals surface area (Å²) in [6, 6.07) is 2.42. The van der Waals surface area contributed by atoms with E-state index in [1.807, 2.05) is 17.0 Å². The molecular formula is C11H19N3. The molecule has 1 atom stereocenters. The Morgan fingerprint density at radius 1 is 1.64 bits per heavy atom. The molecule has 0 bridgehead atoms. The number of hydrogen-bond acceptors (Lipinski definition) is 2. The van der Waals surface area contributed by atoms with Crippen LogP contribution >= 0.6 is 0 Å². The quantitative estimate of drug-likeness (QED) is 0.701. The molecule has 0 saturated carbocycles. The van der Waals surface area contributed by atoms with Crippen LogP contribution in [0.3, 0.4) is 0 Å². The molecule has 0 fully saturated rings. The minimum Gasteiger partial charge on any atom is -0.309 e. The summed E-state index contributed by atoms with van der Waals surface area (Å²) in [6.07, 6.45) is 4.74. The van der Waals surface area contributed by atoms with Crippen molar-refractivity contribution >= 4 is 0 Å². The molecule has 1 aromatic rings. The number of aromatic nitrogens is 2. The second-order valence-electron chi connectivity index (χ2n) is 3.21. The van der Waals surface area contributed by atoms with Gasteiger partial charge in [-0.05, 0) is 26.0 Å². The van der Waals surface area contributed by atoms with Crippen LogP contribution in [0.4, 0.5) is 0 Å². The smallest absolute Gasteiger partial charge is 0.0556 e. The number of nitrogens with zero attached hydrogens (tertiary/aromatic N) is 2. The maximum absolute atomic E-state index is 4.26. The van der Waals surface area contributed by atoms with E-state index in [1.54, 1.807) is 0 Å². The number of aryl methyl sites for hydroxylation is 1. The van der Waals surface area contributed by atoms with Gasteiger partial charge in [0.15, 0.2) is 0 Å². The highest BCUT2D eigenvalue weighted by atomic mass is 15.3. The average molecular weight is 193 g/mol. The van der Waals surface area contributed by atoms with Crippen LogP contribution in [-0.4, -0.2) is 16.3 Å². The Kier molecular flexibility index (Phi) is 4.40.